The lowest BCUT2D eigenvalue weighted by Gasteiger charge is -2.13. The topological polar surface area (TPSA) is 58.4 Å². The van der Waals surface area contributed by atoms with Gasteiger partial charge in [0.15, 0.2) is 5.82 Å². The summed E-state index contributed by atoms with van der Waals surface area (Å²) >= 11 is 1.84. The largest absolute Gasteiger partial charge is 0.309 e. The van der Waals surface area contributed by atoms with E-state index in [1.54, 1.807) is 0 Å². The minimum absolute atomic E-state index is 0.536. The maximum absolute atomic E-state index is 5.64. The van der Waals surface area contributed by atoms with Crippen LogP contribution in [0.3, 0.4) is 0 Å². The monoisotopic (exact) mass is 999 g/mol. The standard InChI is InChI=1S/C69H41N7S/c1-3-17-45(18-4-1)73-57-26-12-7-21-47(57)53-40-63-55(38-61(53)73)49-23-9-14-28-59(49)75(63)68-70-67(43-33-31-42(32-34-43)44-35-36-52-51-25-11-16-30-65(51)77-66(52)37-44)71-69(72-68)76-60-29-15-10-24-50(60)56-39-62-54(41-64(56)76)48-22-8-13-27-58(48)74(62)46-19-5-2-6-20-46/h1-41H. The first-order valence-electron chi connectivity index (χ1n) is 26.0. The average Bonchev–Trinajstić information content (AvgIpc) is 4.31. The molecule has 0 unspecified atom stereocenters. The van der Waals surface area contributed by atoms with Gasteiger partial charge in [0, 0.05) is 80.2 Å². The SMILES string of the molecule is c1ccc(-n2c3ccccc3c3cc4c(cc32)c2ccccc2n4-c2nc(-c3ccc(-c4ccc5c(c4)sc4ccccc45)cc3)nc(-n3c4ccccc4c4cc5c(cc43)c3ccccc3n5-c3ccccc3)n2)cc1. The van der Waals surface area contributed by atoms with E-state index in [2.05, 4.69) is 267 Å². The first-order chi connectivity index (χ1) is 38.2. The lowest BCUT2D eigenvalue weighted by atomic mass is 10.0. The Labute approximate surface area is 444 Å². The zero-order chi connectivity index (χ0) is 50.3. The van der Waals surface area contributed by atoms with Gasteiger partial charge in [-0.2, -0.15) is 15.0 Å². The minimum atomic E-state index is 0.536. The zero-order valence-corrected chi connectivity index (χ0v) is 42.0. The van der Waals surface area contributed by atoms with E-state index in [0.29, 0.717) is 17.7 Å². The molecule has 0 amide bonds. The molecule has 6 heterocycles. The van der Waals surface area contributed by atoms with Gasteiger partial charge in [-0.3, -0.25) is 9.13 Å². The van der Waals surface area contributed by atoms with Crippen LogP contribution in [0.1, 0.15) is 0 Å². The van der Waals surface area contributed by atoms with Crippen molar-refractivity contribution < 1.29 is 0 Å². The smallest absolute Gasteiger partial charge is 0.240 e. The summed E-state index contributed by atoms with van der Waals surface area (Å²) in [6.07, 6.45) is 0. The number of rotatable bonds is 6. The second kappa shape index (κ2) is 16.2. The molecule has 0 radical (unpaired) electrons. The van der Waals surface area contributed by atoms with Crippen LogP contribution < -0.4 is 0 Å². The number of hydrogen-bond acceptors (Lipinski definition) is 4. The molecule has 11 aromatic carbocycles. The fraction of sp³-hybridized carbons (Fsp3) is 0. The Morgan fingerprint density at radius 2 is 0.597 bits per heavy atom. The Bertz CT molecular complexity index is 5020. The molecule has 7 nitrogen and oxygen atoms in total. The average molecular weight is 1000 g/mol. The molecule has 0 spiro atoms. The summed E-state index contributed by atoms with van der Waals surface area (Å²) < 4.78 is 11.9. The normalized spacial score (nSPS) is 12.2. The van der Waals surface area contributed by atoms with Crippen molar-refractivity contribution in [3.63, 3.8) is 0 Å². The molecule has 0 aliphatic rings. The number of aromatic nitrogens is 7. The molecule has 17 aromatic rings. The zero-order valence-electron chi connectivity index (χ0n) is 41.2. The van der Waals surface area contributed by atoms with Crippen molar-refractivity contribution in [2.45, 2.75) is 0 Å². The Morgan fingerprint density at radius 3 is 1.08 bits per heavy atom. The van der Waals surface area contributed by atoms with Gasteiger partial charge in [-0.1, -0.05) is 164 Å². The number of thiophene rings is 1. The molecule has 0 fully saturated rings. The predicted octanol–water partition coefficient (Wildman–Crippen LogP) is 18.0. The summed E-state index contributed by atoms with van der Waals surface area (Å²) in [5.74, 6) is 1.65. The second-order valence-electron chi connectivity index (χ2n) is 20.0. The van der Waals surface area contributed by atoms with Crippen LogP contribution in [0.4, 0.5) is 0 Å². The molecule has 77 heavy (non-hydrogen) atoms. The first kappa shape index (κ1) is 42.2. The first-order valence-corrected chi connectivity index (χ1v) is 26.8. The van der Waals surface area contributed by atoms with Gasteiger partial charge in [0.05, 0.1) is 44.1 Å². The van der Waals surface area contributed by atoms with Crippen molar-refractivity contribution in [3.8, 4) is 45.8 Å². The molecule has 0 aliphatic heterocycles. The number of benzene rings is 11. The highest BCUT2D eigenvalue weighted by molar-refractivity contribution is 7.25. The van der Waals surface area contributed by atoms with Crippen LogP contribution in [0.15, 0.2) is 249 Å². The van der Waals surface area contributed by atoms with Gasteiger partial charge in [0.1, 0.15) is 0 Å². The molecule has 0 saturated heterocycles. The van der Waals surface area contributed by atoms with Gasteiger partial charge in [0.2, 0.25) is 11.9 Å². The van der Waals surface area contributed by atoms with Gasteiger partial charge in [-0.15, -0.1) is 11.3 Å². The predicted molar refractivity (Wildman–Crippen MR) is 321 cm³/mol. The van der Waals surface area contributed by atoms with E-state index < -0.39 is 0 Å². The van der Waals surface area contributed by atoms with Crippen LogP contribution >= 0.6 is 11.3 Å². The summed E-state index contributed by atoms with van der Waals surface area (Å²) in [7, 11) is 0. The van der Waals surface area contributed by atoms with E-state index in [0.717, 1.165) is 99.0 Å². The van der Waals surface area contributed by atoms with Crippen molar-refractivity contribution in [2.75, 3.05) is 0 Å². The molecular formula is C69H41N7S. The number of fused-ring (bicyclic) bond motifs is 15. The Morgan fingerprint density at radius 1 is 0.234 bits per heavy atom. The minimum Gasteiger partial charge on any atom is -0.309 e. The summed E-state index contributed by atoms with van der Waals surface area (Å²) in [5, 5.41) is 11.7. The fourth-order valence-corrected chi connectivity index (χ4v) is 13.5. The molecule has 0 saturated carbocycles. The Kier molecular flexibility index (Phi) is 8.87. The van der Waals surface area contributed by atoms with E-state index in [-0.39, 0.29) is 0 Å². The van der Waals surface area contributed by atoms with E-state index in [4.69, 9.17) is 15.0 Å². The van der Waals surface area contributed by atoms with Crippen molar-refractivity contribution in [3.05, 3.63) is 249 Å². The molecule has 0 aliphatic carbocycles. The molecule has 0 atom stereocenters. The van der Waals surface area contributed by atoms with E-state index in [1.807, 2.05) is 11.3 Å². The quantitative estimate of drug-likeness (QED) is 0.167. The van der Waals surface area contributed by atoms with Gasteiger partial charge in [0.25, 0.3) is 0 Å². The van der Waals surface area contributed by atoms with Crippen LogP contribution in [-0.4, -0.2) is 33.2 Å². The molecule has 0 bridgehead atoms. The lowest BCUT2D eigenvalue weighted by Crippen LogP contribution is -2.10. The molecule has 17 rings (SSSR count). The van der Waals surface area contributed by atoms with Gasteiger partial charge in [-0.05, 0) is 96.1 Å². The van der Waals surface area contributed by atoms with Gasteiger partial charge < -0.3 is 9.13 Å². The highest BCUT2D eigenvalue weighted by atomic mass is 32.1. The molecule has 6 aromatic heterocycles. The van der Waals surface area contributed by atoms with Crippen molar-refractivity contribution >= 4 is 119 Å². The van der Waals surface area contributed by atoms with Gasteiger partial charge in [-0.25, -0.2) is 0 Å². The number of hydrogen-bond donors (Lipinski definition) is 0. The molecule has 358 valence electrons. The van der Waals surface area contributed by atoms with Crippen molar-refractivity contribution in [1.82, 2.24) is 33.2 Å². The third-order valence-electron chi connectivity index (χ3n) is 15.8. The maximum Gasteiger partial charge on any atom is 0.240 e. The van der Waals surface area contributed by atoms with Crippen LogP contribution in [0.2, 0.25) is 0 Å². The highest BCUT2D eigenvalue weighted by Gasteiger charge is 2.24. The summed E-state index contributed by atoms with van der Waals surface area (Å²) in [6, 6.07) is 89.7. The number of nitrogens with zero attached hydrogens (tertiary/aromatic N) is 7. The fourth-order valence-electron chi connectivity index (χ4n) is 12.4. The molecular weight excluding hydrogens is 959 g/mol. The Hall–Kier alpha value is -10.2. The summed E-state index contributed by atoms with van der Waals surface area (Å²) in [6.45, 7) is 0. The van der Waals surface area contributed by atoms with Crippen LogP contribution in [0, 0.1) is 0 Å². The summed E-state index contributed by atoms with van der Waals surface area (Å²) in [5.41, 5.74) is 14.1. The number of para-hydroxylation sites is 6. The van der Waals surface area contributed by atoms with Crippen LogP contribution in [0.5, 0.6) is 0 Å². The van der Waals surface area contributed by atoms with Crippen LogP contribution in [0.25, 0.3) is 153 Å². The molecule has 0 N–H and O–H groups in total. The van der Waals surface area contributed by atoms with Crippen LogP contribution in [-0.2, 0) is 0 Å². The van der Waals surface area contributed by atoms with Crippen molar-refractivity contribution in [2.24, 2.45) is 0 Å². The molecule has 8 heteroatoms. The van der Waals surface area contributed by atoms with Crippen molar-refractivity contribution in [1.29, 1.82) is 0 Å². The van der Waals surface area contributed by atoms with Gasteiger partial charge >= 0.3 is 0 Å². The second-order valence-corrected chi connectivity index (χ2v) is 21.1. The lowest BCUT2D eigenvalue weighted by molar-refractivity contribution is 0.893. The van der Waals surface area contributed by atoms with E-state index >= 15 is 0 Å². The van der Waals surface area contributed by atoms with E-state index in [1.165, 1.54) is 36.5 Å². The highest BCUT2D eigenvalue weighted by Crippen LogP contribution is 2.43. The maximum atomic E-state index is 5.64. The third-order valence-corrected chi connectivity index (χ3v) is 17.0. The Balaban J connectivity index is 0.931. The summed E-state index contributed by atoms with van der Waals surface area (Å²) in [4.78, 5) is 16.7. The third kappa shape index (κ3) is 6.21. The van der Waals surface area contributed by atoms with E-state index in [9.17, 15) is 0 Å².